The second-order valence-electron chi connectivity index (χ2n) is 7.66. The third-order valence-corrected chi connectivity index (χ3v) is 7.22. The molecule has 1 aromatic carbocycles. The maximum absolute atomic E-state index is 12.7. The highest BCUT2D eigenvalue weighted by atomic mass is 32.2. The molecule has 0 radical (unpaired) electrons. The van der Waals surface area contributed by atoms with E-state index < -0.39 is 9.84 Å². The minimum atomic E-state index is -3.06. The monoisotopic (exact) mass is 404 g/mol. The Bertz CT molecular complexity index is 987. The van der Waals surface area contributed by atoms with Crippen LogP contribution in [0.1, 0.15) is 42.5 Å². The first-order valence-corrected chi connectivity index (χ1v) is 11.4. The quantitative estimate of drug-likeness (QED) is 0.701. The maximum atomic E-state index is 12.7. The number of amides is 1. The summed E-state index contributed by atoms with van der Waals surface area (Å²) in [6.07, 6.45) is 5.09. The second-order valence-corrected chi connectivity index (χ2v) is 9.89. The Balaban J connectivity index is 1.54. The summed E-state index contributed by atoms with van der Waals surface area (Å²) < 4.78 is 23.3. The molecule has 1 unspecified atom stereocenters. The zero-order chi connectivity index (χ0) is 19.7. The molecular formula is C19H24N4O4S. The number of benzene rings is 1. The van der Waals surface area contributed by atoms with Gasteiger partial charge >= 0.3 is 0 Å². The maximum Gasteiger partial charge on any atom is 0.253 e. The number of anilines is 1. The molecule has 1 atom stereocenters. The zero-order valence-corrected chi connectivity index (χ0v) is 16.3. The number of nitrogens with one attached hydrogen (secondary N) is 2. The summed E-state index contributed by atoms with van der Waals surface area (Å²) >= 11 is 0. The van der Waals surface area contributed by atoms with Crippen LogP contribution in [0.2, 0.25) is 0 Å². The van der Waals surface area contributed by atoms with Gasteiger partial charge in [0.15, 0.2) is 9.84 Å². The highest BCUT2D eigenvalue weighted by Gasteiger charge is 2.29. The summed E-state index contributed by atoms with van der Waals surface area (Å²) in [5.74, 6) is 0.231. The van der Waals surface area contributed by atoms with E-state index in [0.29, 0.717) is 23.4 Å². The largest absolute Gasteiger partial charge is 0.393 e. The molecule has 1 aliphatic carbocycles. The van der Waals surface area contributed by atoms with Crippen molar-refractivity contribution in [2.75, 3.05) is 16.8 Å². The topological polar surface area (TPSA) is 121 Å². The third kappa shape index (κ3) is 4.25. The normalized spacial score (nSPS) is 26.8. The van der Waals surface area contributed by atoms with Crippen molar-refractivity contribution in [2.45, 2.75) is 50.3 Å². The molecule has 150 valence electrons. The molecule has 1 saturated carbocycles. The van der Waals surface area contributed by atoms with Gasteiger partial charge in [0.1, 0.15) is 0 Å². The highest BCUT2D eigenvalue weighted by Crippen LogP contribution is 2.23. The van der Waals surface area contributed by atoms with E-state index in [2.05, 4.69) is 20.6 Å². The lowest BCUT2D eigenvalue weighted by molar-refractivity contribution is 0.0942. The van der Waals surface area contributed by atoms with Gasteiger partial charge in [0.25, 0.3) is 5.91 Å². The molecule has 2 heterocycles. The fourth-order valence-electron chi connectivity index (χ4n) is 3.88. The predicted octanol–water partition coefficient (Wildman–Crippen LogP) is 1.26. The number of aromatic nitrogens is 2. The van der Waals surface area contributed by atoms with Crippen LogP contribution in [0, 0.1) is 0 Å². The summed E-state index contributed by atoms with van der Waals surface area (Å²) in [7, 11) is -3.06. The number of para-hydroxylation sites is 1. The van der Waals surface area contributed by atoms with E-state index in [1.807, 2.05) is 6.07 Å². The van der Waals surface area contributed by atoms with Gasteiger partial charge in [0.05, 0.1) is 28.7 Å². The van der Waals surface area contributed by atoms with Gasteiger partial charge in [-0.05, 0) is 38.2 Å². The zero-order valence-electron chi connectivity index (χ0n) is 15.5. The van der Waals surface area contributed by atoms with Crippen LogP contribution < -0.4 is 10.6 Å². The van der Waals surface area contributed by atoms with E-state index in [0.717, 1.165) is 31.1 Å². The highest BCUT2D eigenvalue weighted by molar-refractivity contribution is 7.91. The summed E-state index contributed by atoms with van der Waals surface area (Å²) in [5, 5.41) is 16.5. The summed E-state index contributed by atoms with van der Waals surface area (Å²) in [4.78, 5) is 21.6. The average Bonchev–Trinajstić information content (AvgIpc) is 3.01. The molecule has 4 rings (SSSR count). The Labute approximate surface area is 163 Å². The second kappa shape index (κ2) is 7.63. The molecule has 8 nitrogen and oxygen atoms in total. The van der Waals surface area contributed by atoms with Crippen LogP contribution in [0.25, 0.3) is 10.9 Å². The number of carbonyl (C=O) groups is 1. The first-order chi connectivity index (χ1) is 13.4. The van der Waals surface area contributed by atoms with Crippen molar-refractivity contribution in [3.8, 4) is 0 Å². The third-order valence-electron chi connectivity index (χ3n) is 5.45. The molecule has 1 aromatic heterocycles. The Morgan fingerprint density at radius 3 is 2.61 bits per heavy atom. The molecule has 3 N–H and O–H groups in total. The summed E-state index contributed by atoms with van der Waals surface area (Å²) in [6.45, 7) is 0. The van der Waals surface area contributed by atoms with E-state index in [-0.39, 0.29) is 35.6 Å². The Hall–Kier alpha value is -2.26. The van der Waals surface area contributed by atoms with Gasteiger partial charge in [0.2, 0.25) is 5.95 Å². The van der Waals surface area contributed by atoms with Gasteiger partial charge in [-0.1, -0.05) is 12.1 Å². The lowest BCUT2D eigenvalue weighted by Gasteiger charge is -2.26. The van der Waals surface area contributed by atoms with Gasteiger partial charge in [-0.2, -0.15) is 0 Å². The van der Waals surface area contributed by atoms with E-state index in [1.165, 1.54) is 0 Å². The molecule has 28 heavy (non-hydrogen) atoms. The lowest BCUT2D eigenvalue weighted by atomic mass is 9.93. The molecule has 0 bridgehead atoms. The van der Waals surface area contributed by atoms with Crippen molar-refractivity contribution in [3.05, 3.63) is 30.0 Å². The molecule has 0 spiro atoms. The number of hydrogen-bond acceptors (Lipinski definition) is 7. The number of sulfone groups is 1. The standard InChI is InChI=1S/C19H24N4O4S/c24-15-6-4-13(5-7-15)22-19-20-10-12-2-1-3-16(17(12)23-19)18(25)21-14-8-9-28(26,27)11-14/h1-3,10,13-15,24H,4-9,11H2,(H,21,25)(H,20,22,23). The van der Waals surface area contributed by atoms with Crippen LogP contribution in [0.4, 0.5) is 5.95 Å². The average molecular weight is 404 g/mol. The summed E-state index contributed by atoms with van der Waals surface area (Å²) in [6, 6.07) is 5.13. The number of nitrogens with zero attached hydrogens (tertiary/aromatic N) is 2. The molecule has 2 aliphatic rings. The first kappa shape index (κ1) is 19.1. The van der Waals surface area contributed by atoms with Crippen molar-refractivity contribution in [2.24, 2.45) is 0 Å². The molecule has 1 amide bonds. The van der Waals surface area contributed by atoms with Crippen LogP contribution in [0.3, 0.4) is 0 Å². The Kier molecular flexibility index (Phi) is 5.20. The van der Waals surface area contributed by atoms with E-state index in [1.54, 1.807) is 18.3 Å². The van der Waals surface area contributed by atoms with E-state index in [4.69, 9.17) is 0 Å². The minimum Gasteiger partial charge on any atom is -0.393 e. The minimum absolute atomic E-state index is 0.0151. The lowest BCUT2D eigenvalue weighted by Crippen LogP contribution is -2.35. The fraction of sp³-hybridized carbons (Fsp3) is 0.526. The first-order valence-electron chi connectivity index (χ1n) is 9.61. The molecular weight excluding hydrogens is 380 g/mol. The van der Waals surface area contributed by atoms with Crippen molar-refractivity contribution in [3.63, 3.8) is 0 Å². The van der Waals surface area contributed by atoms with Gasteiger partial charge in [-0.25, -0.2) is 18.4 Å². The van der Waals surface area contributed by atoms with Gasteiger partial charge in [0, 0.05) is 23.7 Å². The van der Waals surface area contributed by atoms with Crippen LogP contribution in [0.5, 0.6) is 0 Å². The number of hydrogen-bond donors (Lipinski definition) is 3. The fourth-order valence-corrected chi connectivity index (χ4v) is 5.56. The van der Waals surface area contributed by atoms with Crippen molar-refractivity contribution < 1.29 is 18.3 Å². The van der Waals surface area contributed by atoms with E-state index in [9.17, 15) is 18.3 Å². The number of rotatable bonds is 4. The molecule has 2 aromatic rings. The molecule has 9 heteroatoms. The van der Waals surface area contributed by atoms with Crippen LogP contribution >= 0.6 is 0 Å². The van der Waals surface area contributed by atoms with Crippen LogP contribution in [0.15, 0.2) is 24.4 Å². The SMILES string of the molecule is O=C(NC1CCS(=O)(=O)C1)c1cccc2cnc(NC3CCC(O)CC3)nc12. The number of aliphatic hydroxyl groups excluding tert-OH is 1. The van der Waals surface area contributed by atoms with E-state index >= 15 is 0 Å². The van der Waals surface area contributed by atoms with Gasteiger partial charge < -0.3 is 15.7 Å². The smallest absolute Gasteiger partial charge is 0.253 e. The summed E-state index contributed by atoms with van der Waals surface area (Å²) in [5.41, 5.74) is 0.945. The molecule has 2 fully saturated rings. The van der Waals surface area contributed by atoms with Gasteiger partial charge in [-0.3, -0.25) is 4.79 Å². The Morgan fingerprint density at radius 2 is 1.89 bits per heavy atom. The van der Waals surface area contributed by atoms with Gasteiger partial charge in [-0.15, -0.1) is 0 Å². The number of aliphatic hydroxyl groups is 1. The van der Waals surface area contributed by atoms with Crippen molar-refractivity contribution >= 4 is 32.6 Å². The molecule has 1 saturated heterocycles. The number of fused-ring (bicyclic) bond motifs is 1. The predicted molar refractivity (Wildman–Crippen MR) is 106 cm³/mol. The Morgan fingerprint density at radius 1 is 1.11 bits per heavy atom. The van der Waals surface area contributed by atoms with Crippen LogP contribution in [-0.4, -0.2) is 59.1 Å². The molecule has 1 aliphatic heterocycles. The van der Waals surface area contributed by atoms with Crippen LogP contribution in [-0.2, 0) is 9.84 Å². The number of carbonyl (C=O) groups excluding carboxylic acids is 1. The van der Waals surface area contributed by atoms with Crippen molar-refractivity contribution in [1.29, 1.82) is 0 Å². The van der Waals surface area contributed by atoms with Crippen molar-refractivity contribution in [1.82, 2.24) is 15.3 Å².